The lowest BCUT2D eigenvalue weighted by atomic mass is 10.3. The van der Waals surface area contributed by atoms with Crippen molar-refractivity contribution in [2.45, 2.75) is 13.0 Å². The number of methoxy groups -OCH3 is 1. The SMILES string of the molecule is COc1ccccc1O[C@@H](C)CNC(=O)/C=C\c1cscn1. The number of thiazole rings is 1. The van der Waals surface area contributed by atoms with Crippen LogP contribution in [0.2, 0.25) is 0 Å². The van der Waals surface area contributed by atoms with Crippen LogP contribution in [0.3, 0.4) is 0 Å². The predicted octanol–water partition coefficient (Wildman–Crippen LogP) is 2.75. The van der Waals surface area contributed by atoms with Gasteiger partial charge in [-0.3, -0.25) is 4.79 Å². The Kier molecular flexibility index (Phi) is 5.97. The molecule has 2 rings (SSSR count). The van der Waals surface area contributed by atoms with Crippen LogP contribution in [-0.2, 0) is 4.79 Å². The molecular formula is C16H18N2O3S. The van der Waals surface area contributed by atoms with E-state index in [0.717, 1.165) is 5.69 Å². The Morgan fingerprint density at radius 1 is 1.41 bits per heavy atom. The number of nitrogens with one attached hydrogen (secondary N) is 1. The second kappa shape index (κ2) is 8.19. The Morgan fingerprint density at radius 3 is 2.86 bits per heavy atom. The maximum Gasteiger partial charge on any atom is 0.244 e. The molecular weight excluding hydrogens is 300 g/mol. The van der Waals surface area contributed by atoms with Crippen molar-refractivity contribution >= 4 is 23.3 Å². The summed E-state index contributed by atoms with van der Waals surface area (Å²) in [4.78, 5) is 15.8. The maximum atomic E-state index is 11.7. The van der Waals surface area contributed by atoms with Crippen LogP contribution < -0.4 is 14.8 Å². The highest BCUT2D eigenvalue weighted by Crippen LogP contribution is 2.26. The number of aromatic nitrogens is 1. The van der Waals surface area contributed by atoms with Gasteiger partial charge in [0.15, 0.2) is 11.5 Å². The average molecular weight is 318 g/mol. The molecule has 0 bridgehead atoms. The third-order valence-corrected chi connectivity index (χ3v) is 3.42. The highest BCUT2D eigenvalue weighted by molar-refractivity contribution is 7.07. The fraction of sp³-hybridized carbons (Fsp3) is 0.250. The molecule has 6 heteroatoms. The lowest BCUT2D eigenvalue weighted by Crippen LogP contribution is -2.32. The Hall–Kier alpha value is -2.34. The minimum atomic E-state index is -0.177. The second-order valence-corrected chi connectivity index (χ2v) is 5.29. The van der Waals surface area contributed by atoms with Gasteiger partial charge in [0, 0.05) is 11.5 Å². The van der Waals surface area contributed by atoms with Crippen LogP contribution in [0, 0.1) is 0 Å². The minimum absolute atomic E-state index is 0.173. The summed E-state index contributed by atoms with van der Waals surface area (Å²) in [5, 5.41) is 4.66. The van der Waals surface area contributed by atoms with Crippen LogP contribution in [0.25, 0.3) is 6.08 Å². The number of nitrogens with zero attached hydrogens (tertiary/aromatic N) is 1. The molecule has 0 aliphatic carbocycles. The van der Waals surface area contributed by atoms with Crippen molar-refractivity contribution in [3.63, 3.8) is 0 Å². The normalized spacial score (nSPS) is 12.1. The van der Waals surface area contributed by atoms with Crippen LogP contribution >= 0.6 is 11.3 Å². The molecule has 0 spiro atoms. The third kappa shape index (κ3) is 4.89. The first-order valence-electron chi connectivity index (χ1n) is 6.83. The molecule has 22 heavy (non-hydrogen) atoms. The van der Waals surface area contributed by atoms with Crippen LogP contribution in [0.5, 0.6) is 11.5 Å². The van der Waals surface area contributed by atoms with Crippen LogP contribution in [-0.4, -0.2) is 30.6 Å². The molecule has 0 unspecified atom stereocenters. The van der Waals surface area contributed by atoms with E-state index in [1.165, 1.54) is 17.4 Å². The molecule has 0 saturated carbocycles. The first-order chi connectivity index (χ1) is 10.7. The van der Waals surface area contributed by atoms with Crippen molar-refractivity contribution in [2.24, 2.45) is 0 Å². The van der Waals surface area contributed by atoms with E-state index in [1.807, 2.05) is 36.6 Å². The van der Waals surface area contributed by atoms with Gasteiger partial charge in [0.2, 0.25) is 5.91 Å². The second-order valence-electron chi connectivity index (χ2n) is 4.57. The number of para-hydroxylation sites is 2. The Bertz CT molecular complexity index is 626. The number of hydrogen-bond donors (Lipinski definition) is 1. The number of benzene rings is 1. The van der Waals surface area contributed by atoms with Crippen molar-refractivity contribution in [1.82, 2.24) is 10.3 Å². The van der Waals surface area contributed by atoms with Gasteiger partial charge < -0.3 is 14.8 Å². The summed E-state index contributed by atoms with van der Waals surface area (Å²) in [6.45, 7) is 2.29. The van der Waals surface area contributed by atoms with Crippen molar-refractivity contribution in [3.8, 4) is 11.5 Å². The highest BCUT2D eigenvalue weighted by atomic mass is 32.1. The first kappa shape index (κ1) is 16.0. The molecule has 1 amide bonds. The fourth-order valence-corrected chi connectivity index (χ4v) is 2.27. The molecule has 0 aliphatic heterocycles. The van der Waals surface area contributed by atoms with E-state index in [-0.39, 0.29) is 12.0 Å². The Labute approximate surface area is 133 Å². The number of hydrogen-bond acceptors (Lipinski definition) is 5. The molecule has 116 valence electrons. The van der Waals surface area contributed by atoms with E-state index in [4.69, 9.17) is 9.47 Å². The summed E-state index contributed by atoms with van der Waals surface area (Å²) in [6, 6.07) is 7.41. The molecule has 1 aromatic carbocycles. The summed E-state index contributed by atoms with van der Waals surface area (Å²) in [6.07, 6.45) is 2.97. The maximum absolute atomic E-state index is 11.7. The van der Waals surface area contributed by atoms with Gasteiger partial charge in [0.1, 0.15) is 6.10 Å². The summed E-state index contributed by atoms with van der Waals surface area (Å²) >= 11 is 1.49. The van der Waals surface area contributed by atoms with Gasteiger partial charge in [0.25, 0.3) is 0 Å². The average Bonchev–Trinajstić information content (AvgIpc) is 3.05. The summed E-state index contributed by atoms with van der Waals surface area (Å²) in [7, 11) is 1.60. The quantitative estimate of drug-likeness (QED) is 0.798. The van der Waals surface area contributed by atoms with Crippen molar-refractivity contribution in [1.29, 1.82) is 0 Å². The lowest BCUT2D eigenvalue weighted by molar-refractivity contribution is -0.116. The molecule has 0 fully saturated rings. The number of ether oxygens (including phenoxy) is 2. The molecule has 0 saturated heterocycles. The van der Waals surface area contributed by atoms with E-state index in [1.54, 1.807) is 18.7 Å². The molecule has 1 atom stereocenters. The van der Waals surface area contributed by atoms with Gasteiger partial charge in [-0.05, 0) is 25.1 Å². The monoisotopic (exact) mass is 318 g/mol. The van der Waals surface area contributed by atoms with E-state index in [2.05, 4.69) is 10.3 Å². The van der Waals surface area contributed by atoms with Crippen molar-refractivity contribution < 1.29 is 14.3 Å². The van der Waals surface area contributed by atoms with Gasteiger partial charge in [-0.2, -0.15) is 0 Å². The highest BCUT2D eigenvalue weighted by Gasteiger charge is 2.09. The lowest BCUT2D eigenvalue weighted by Gasteiger charge is -2.16. The summed E-state index contributed by atoms with van der Waals surface area (Å²) < 4.78 is 11.0. The van der Waals surface area contributed by atoms with Gasteiger partial charge in [-0.15, -0.1) is 11.3 Å². The molecule has 1 aromatic heterocycles. The van der Waals surface area contributed by atoms with Crippen LogP contribution in [0.4, 0.5) is 0 Å². The predicted molar refractivity (Wildman–Crippen MR) is 87.2 cm³/mol. The number of carbonyl (C=O) groups is 1. The number of amides is 1. The standard InChI is InChI=1S/C16H18N2O3S/c1-12(21-15-6-4-3-5-14(15)20-2)9-17-16(19)8-7-13-10-22-11-18-13/h3-8,10-12H,9H2,1-2H3,(H,17,19)/b8-7-/t12-/m0/s1. The van der Waals surface area contributed by atoms with Crippen LogP contribution in [0.15, 0.2) is 41.2 Å². The molecule has 1 N–H and O–H groups in total. The summed E-state index contributed by atoms with van der Waals surface area (Å²) in [5.74, 6) is 1.15. The third-order valence-electron chi connectivity index (χ3n) is 2.82. The minimum Gasteiger partial charge on any atom is -0.493 e. The molecule has 0 aliphatic rings. The molecule has 0 radical (unpaired) electrons. The first-order valence-corrected chi connectivity index (χ1v) is 7.77. The van der Waals surface area contributed by atoms with E-state index in [9.17, 15) is 4.79 Å². The largest absolute Gasteiger partial charge is 0.493 e. The van der Waals surface area contributed by atoms with Gasteiger partial charge >= 0.3 is 0 Å². The number of carbonyl (C=O) groups excluding carboxylic acids is 1. The topological polar surface area (TPSA) is 60.5 Å². The zero-order valence-corrected chi connectivity index (χ0v) is 13.3. The molecule has 5 nitrogen and oxygen atoms in total. The smallest absolute Gasteiger partial charge is 0.244 e. The number of rotatable bonds is 7. The van der Waals surface area contributed by atoms with Crippen molar-refractivity contribution in [3.05, 3.63) is 46.9 Å². The van der Waals surface area contributed by atoms with Gasteiger partial charge in [-0.25, -0.2) is 4.98 Å². The van der Waals surface area contributed by atoms with Crippen molar-refractivity contribution in [2.75, 3.05) is 13.7 Å². The van der Waals surface area contributed by atoms with E-state index in [0.29, 0.717) is 18.0 Å². The molecule has 2 aromatic rings. The zero-order valence-electron chi connectivity index (χ0n) is 12.5. The van der Waals surface area contributed by atoms with Crippen LogP contribution in [0.1, 0.15) is 12.6 Å². The fourth-order valence-electron chi connectivity index (χ4n) is 1.74. The Morgan fingerprint density at radius 2 is 2.18 bits per heavy atom. The van der Waals surface area contributed by atoms with Gasteiger partial charge in [-0.1, -0.05) is 12.1 Å². The van der Waals surface area contributed by atoms with E-state index >= 15 is 0 Å². The summed E-state index contributed by atoms with van der Waals surface area (Å²) in [5.41, 5.74) is 2.50. The zero-order chi connectivity index (χ0) is 15.8. The van der Waals surface area contributed by atoms with Gasteiger partial charge in [0.05, 0.1) is 24.9 Å². The Balaban J connectivity index is 1.80. The molecule has 1 heterocycles. The van der Waals surface area contributed by atoms with E-state index < -0.39 is 0 Å².